The maximum absolute atomic E-state index is 9.11. The molecule has 1 saturated heterocycles. The molecule has 1 aliphatic heterocycles. The minimum Gasteiger partial charge on any atom is -0.495 e. The number of methoxy groups -OCH3 is 1. The molecule has 0 bridgehead atoms. The van der Waals surface area contributed by atoms with E-state index in [1.54, 1.807) is 7.11 Å². The van der Waals surface area contributed by atoms with E-state index in [4.69, 9.17) is 14.7 Å². The van der Waals surface area contributed by atoms with Gasteiger partial charge in [-0.05, 0) is 37.5 Å². The molecule has 0 aliphatic carbocycles. The monoisotopic (exact) mass is 274 g/mol. The van der Waals surface area contributed by atoms with Gasteiger partial charge in [0.25, 0.3) is 0 Å². The van der Waals surface area contributed by atoms with E-state index in [0.717, 1.165) is 44.6 Å². The lowest BCUT2D eigenvalue weighted by atomic mass is 10.1. The minimum atomic E-state index is 0.418. The molecule has 1 heterocycles. The summed E-state index contributed by atoms with van der Waals surface area (Å²) < 4.78 is 10.8. The zero-order valence-electron chi connectivity index (χ0n) is 12.3. The molecule has 1 aromatic carbocycles. The van der Waals surface area contributed by atoms with E-state index in [1.165, 1.54) is 0 Å². The lowest BCUT2D eigenvalue weighted by Gasteiger charge is -2.31. The largest absolute Gasteiger partial charge is 0.495 e. The van der Waals surface area contributed by atoms with Crippen molar-refractivity contribution in [1.82, 2.24) is 4.90 Å². The first-order valence-electron chi connectivity index (χ1n) is 7.17. The van der Waals surface area contributed by atoms with Crippen LogP contribution in [0.25, 0.3) is 0 Å². The maximum Gasteiger partial charge on any atom is 0.136 e. The van der Waals surface area contributed by atoms with Crippen LogP contribution in [-0.2, 0) is 11.3 Å². The van der Waals surface area contributed by atoms with Gasteiger partial charge in [-0.3, -0.25) is 4.90 Å². The Morgan fingerprint density at radius 1 is 1.35 bits per heavy atom. The van der Waals surface area contributed by atoms with Gasteiger partial charge in [0.1, 0.15) is 11.8 Å². The van der Waals surface area contributed by atoms with Crippen LogP contribution in [0.2, 0.25) is 0 Å². The van der Waals surface area contributed by atoms with Crippen LogP contribution < -0.4 is 4.74 Å². The fourth-order valence-electron chi connectivity index (χ4n) is 2.67. The summed E-state index contributed by atoms with van der Waals surface area (Å²) in [6.45, 7) is 5.84. The van der Waals surface area contributed by atoms with Gasteiger partial charge in [-0.15, -0.1) is 0 Å². The van der Waals surface area contributed by atoms with E-state index in [-0.39, 0.29) is 0 Å². The molecule has 20 heavy (non-hydrogen) atoms. The molecule has 0 radical (unpaired) electrons. The molecule has 1 fully saturated rings. The predicted octanol–water partition coefficient (Wildman–Crippen LogP) is 2.57. The zero-order chi connectivity index (χ0) is 14.4. The van der Waals surface area contributed by atoms with Crippen molar-refractivity contribution in [2.75, 3.05) is 26.8 Å². The van der Waals surface area contributed by atoms with Gasteiger partial charge in [0, 0.05) is 26.2 Å². The molecule has 108 valence electrons. The summed E-state index contributed by atoms with van der Waals surface area (Å²) >= 11 is 0. The molecule has 0 spiro atoms. The molecule has 1 aromatic rings. The highest BCUT2D eigenvalue weighted by atomic mass is 16.5. The Kier molecular flexibility index (Phi) is 5.40. The van der Waals surface area contributed by atoms with E-state index in [9.17, 15) is 0 Å². The average molecular weight is 274 g/mol. The molecule has 2 rings (SSSR count). The molecule has 0 saturated carbocycles. The Bertz CT molecular complexity index is 474. The second kappa shape index (κ2) is 7.28. The number of nitriles is 1. The molecular formula is C16H22N2O2. The number of benzene rings is 1. The van der Waals surface area contributed by atoms with Gasteiger partial charge >= 0.3 is 0 Å². The topological polar surface area (TPSA) is 45.5 Å². The number of rotatable bonds is 5. The lowest BCUT2D eigenvalue weighted by molar-refractivity contribution is 0.0125. The fraction of sp³-hybridized carbons (Fsp3) is 0.562. The van der Waals surface area contributed by atoms with Gasteiger partial charge in [0.05, 0.1) is 18.8 Å². The number of hydrogen-bond acceptors (Lipinski definition) is 4. The molecule has 1 aliphatic rings. The number of piperidine rings is 1. The first-order chi connectivity index (χ1) is 9.76. The first kappa shape index (κ1) is 14.8. The van der Waals surface area contributed by atoms with Crippen molar-refractivity contribution in [3.63, 3.8) is 0 Å². The van der Waals surface area contributed by atoms with Crippen molar-refractivity contribution in [3.05, 3.63) is 29.3 Å². The Morgan fingerprint density at radius 2 is 2.10 bits per heavy atom. The van der Waals surface area contributed by atoms with Crippen molar-refractivity contribution < 1.29 is 9.47 Å². The Balaban J connectivity index is 1.93. The van der Waals surface area contributed by atoms with Crippen molar-refractivity contribution in [2.45, 2.75) is 32.4 Å². The predicted molar refractivity (Wildman–Crippen MR) is 77.6 cm³/mol. The number of hydrogen-bond donors (Lipinski definition) is 0. The SMILES string of the molecule is CCOC1CCN(Cc2ccc(OC)c(C#N)c2)CC1. The summed E-state index contributed by atoms with van der Waals surface area (Å²) in [4.78, 5) is 2.42. The van der Waals surface area contributed by atoms with Crippen molar-refractivity contribution in [2.24, 2.45) is 0 Å². The van der Waals surface area contributed by atoms with Crippen LogP contribution in [-0.4, -0.2) is 37.8 Å². The lowest BCUT2D eigenvalue weighted by Crippen LogP contribution is -2.36. The third kappa shape index (κ3) is 3.72. The fourth-order valence-corrected chi connectivity index (χ4v) is 2.67. The standard InChI is InChI=1S/C16H22N2O2/c1-3-20-15-6-8-18(9-7-15)12-13-4-5-16(19-2)14(10-13)11-17/h4-5,10,15H,3,6-9,12H2,1-2H3. The highest BCUT2D eigenvalue weighted by Gasteiger charge is 2.19. The second-order valence-corrected chi connectivity index (χ2v) is 5.08. The minimum absolute atomic E-state index is 0.418. The van der Waals surface area contributed by atoms with E-state index in [0.29, 0.717) is 17.4 Å². The van der Waals surface area contributed by atoms with Crippen molar-refractivity contribution in [3.8, 4) is 11.8 Å². The summed E-state index contributed by atoms with van der Waals surface area (Å²) in [5, 5.41) is 9.11. The highest BCUT2D eigenvalue weighted by Crippen LogP contribution is 2.21. The van der Waals surface area contributed by atoms with Crippen LogP contribution >= 0.6 is 0 Å². The van der Waals surface area contributed by atoms with Crippen LogP contribution in [0.3, 0.4) is 0 Å². The summed E-state index contributed by atoms with van der Waals surface area (Å²) in [6.07, 6.45) is 2.60. The van der Waals surface area contributed by atoms with E-state index >= 15 is 0 Å². The summed E-state index contributed by atoms with van der Waals surface area (Å²) in [5.41, 5.74) is 1.77. The van der Waals surface area contributed by atoms with Gasteiger partial charge < -0.3 is 9.47 Å². The van der Waals surface area contributed by atoms with Gasteiger partial charge in [-0.2, -0.15) is 5.26 Å². The van der Waals surface area contributed by atoms with Crippen LogP contribution in [0.4, 0.5) is 0 Å². The van der Waals surface area contributed by atoms with Gasteiger partial charge in [-0.25, -0.2) is 0 Å². The third-order valence-electron chi connectivity index (χ3n) is 3.73. The molecule has 4 nitrogen and oxygen atoms in total. The number of likely N-dealkylation sites (tertiary alicyclic amines) is 1. The second-order valence-electron chi connectivity index (χ2n) is 5.08. The summed E-state index contributed by atoms with van der Waals surface area (Å²) in [6, 6.07) is 8.02. The van der Waals surface area contributed by atoms with Gasteiger partial charge in [0.2, 0.25) is 0 Å². The molecule has 0 atom stereocenters. The van der Waals surface area contributed by atoms with Crippen LogP contribution in [0.15, 0.2) is 18.2 Å². The first-order valence-corrected chi connectivity index (χ1v) is 7.17. The van der Waals surface area contributed by atoms with E-state index in [2.05, 4.69) is 11.0 Å². The van der Waals surface area contributed by atoms with E-state index < -0.39 is 0 Å². The Morgan fingerprint density at radius 3 is 2.70 bits per heavy atom. The smallest absolute Gasteiger partial charge is 0.136 e. The number of ether oxygens (including phenoxy) is 2. The van der Waals surface area contributed by atoms with E-state index in [1.807, 2.05) is 25.1 Å². The van der Waals surface area contributed by atoms with Gasteiger partial charge in [-0.1, -0.05) is 6.07 Å². The molecule has 4 heteroatoms. The normalized spacial score (nSPS) is 16.9. The molecule has 0 N–H and O–H groups in total. The zero-order valence-corrected chi connectivity index (χ0v) is 12.3. The maximum atomic E-state index is 9.11. The van der Waals surface area contributed by atoms with Gasteiger partial charge in [0.15, 0.2) is 0 Å². The number of nitrogens with zero attached hydrogens (tertiary/aromatic N) is 2. The molecule has 0 amide bonds. The van der Waals surface area contributed by atoms with Crippen LogP contribution in [0.5, 0.6) is 5.75 Å². The Labute approximate surface area is 120 Å². The Hall–Kier alpha value is -1.57. The van der Waals surface area contributed by atoms with Crippen molar-refractivity contribution in [1.29, 1.82) is 5.26 Å². The highest BCUT2D eigenvalue weighted by molar-refractivity contribution is 5.45. The summed E-state index contributed by atoms with van der Waals surface area (Å²) in [7, 11) is 1.59. The van der Waals surface area contributed by atoms with Crippen LogP contribution in [0.1, 0.15) is 30.9 Å². The molecule has 0 aromatic heterocycles. The molecular weight excluding hydrogens is 252 g/mol. The quantitative estimate of drug-likeness (QED) is 0.828. The van der Waals surface area contributed by atoms with Crippen LogP contribution in [0, 0.1) is 11.3 Å². The van der Waals surface area contributed by atoms with Crippen molar-refractivity contribution >= 4 is 0 Å². The molecule has 0 unspecified atom stereocenters. The third-order valence-corrected chi connectivity index (χ3v) is 3.73. The average Bonchev–Trinajstić information content (AvgIpc) is 2.49. The summed E-state index contributed by atoms with van der Waals surface area (Å²) in [5.74, 6) is 0.645.